The summed E-state index contributed by atoms with van der Waals surface area (Å²) in [4.78, 5) is 15.5. The summed E-state index contributed by atoms with van der Waals surface area (Å²) in [5.74, 6) is 0.124. The molecule has 1 N–H and O–H groups in total. The zero-order valence-electron chi connectivity index (χ0n) is 11.1. The Bertz CT molecular complexity index is 333. The average Bonchev–Trinajstić information content (AvgIpc) is 2.68. The van der Waals surface area contributed by atoms with E-state index in [1.54, 1.807) is 6.92 Å². The largest absolute Gasteiger partial charge is 0.343 e. The summed E-state index contributed by atoms with van der Waals surface area (Å²) in [5.41, 5.74) is -0.349. The molecule has 0 atom stereocenters. The number of amides is 1. The molecule has 0 spiro atoms. The van der Waals surface area contributed by atoms with Crippen molar-refractivity contribution in [2.75, 3.05) is 39.3 Å². The van der Waals surface area contributed by atoms with Crippen molar-refractivity contribution in [1.82, 2.24) is 15.1 Å². The lowest BCUT2D eigenvalue weighted by atomic mass is 9.86. The van der Waals surface area contributed by atoms with Crippen LogP contribution in [0.2, 0.25) is 0 Å². The lowest BCUT2D eigenvalue weighted by molar-refractivity contribution is -0.131. The minimum Gasteiger partial charge on any atom is -0.343 e. The van der Waals surface area contributed by atoms with Crippen LogP contribution < -0.4 is 5.32 Å². The number of nitrogens with one attached hydrogen (secondary N) is 1. The fourth-order valence-corrected chi connectivity index (χ4v) is 2.96. The van der Waals surface area contributed by atoms with E-state index in [1.807, 2.05) is 4.90 Å². The molecule has 0 aromatic carbocycles. The van der Waals surface area contributed by atoms with Crippen molar-refractivity contribution in [3.63, 3.8) is 0 Å². The second-order valence-electron chi connectivity index (χ2n) is 5.24. The van der Waals surface area contributed by atoms with E-state index >= 15 is 0 Å². The average molecular weight is 250 g/mol. The number of nitriles is 1. The minimum atomic E-state index is -0.349. The van der Waals surface area contributed by atoms with Crippen molar-refractivity contribution in [3.8, 4) is 6.07 Å². The molecule has 2 aliphatic rings. The van der Waals surface area contributed by atoms with Gasteiger partial charge in [-0.3, -0.25) is 9.69 Å². The van der Waals surface area contributed by atoms with E-state index in [-0.39, 0.29) is 11.4 Å². The Morgan fingerprint density at radius 3 is 2.56 bits per heavy atom. The van der Waals surface area contributed by atoms with Crippen molar-refractivity contribution in [1.29, 1.82) is 5.26 Å². The number of rotatable bonds is 1. The monoisotopic (exact) mass is 250 g/mol. The first-order chi connectivity index (χ1) is 8.68. The summed E-state index contributed by atoms with van der Waals surface area (Å²) >= 11 is 0. The molecule has 0 aliphatic carbocycles. The Balaban J connectivity index is 2.03. The Kier molecular flexibility index (Phi) is 4.20. The molecular weight excluding hydrogens is 228 g/mol. The van der Waals surface area contributed by atoms with E-state index in [0.29, 0.717) is 13.1 Å². The second kappa shape index (κ2) is 5.68. The Morgan fingerprint density at radius 2 is 1.94 bits per heavy atom. The predicted octanol–water partition coefficient (Wildman–Crippen LogP) is 0.186. The third-order valence-corrected chi connectivity index (χ3v) is 4.19. The number of hydrogen-bond donors (Lipinski definition) is 1. The molecule has 100 valence electrons. The van der Waals surface area contributed by atoms with Crippen LogP contribution in [-0.2, 0) is 4.79 Å². The first-order valence-electron chi connectivity index (χ1n) is 6.80. The van der Waals surface area contributed by atoms with Gasteiger partial charge in [-0.1, -0.05) is 0 Å². The van der Waals surface area contributed by atoms with Crippen molar-refractivity contribution in [2.45, 2.75) is 31.7 Å². The third kappa shape index (κ3) is 2.65. The predicted molar refractivity (Wildman–Crippen MR) is 68.9 cm³/mol. The van der Waals surface area contributed by atoms with Crippen LogP contribution in [0, 0.1) is 11.3 Å². The molecule has 1 amide bonds. The van der Waals surface area contributed by atoms with E-state index in [1.165, 1.54) is 0 Å². The third-order valence-electron chi connectivity index (χ3n) is 4.19. The summed E-state index contributed by atoms with van der Waals surface area (Å²) in [6.45, 7) is 6.96. The van der Waals surface area contributed by atoms with Gasteiger partial charge in [0.05, 0.1) is 6.07 Å². The molecule has 2 heterocycles. The molecule has 5 nitrogen and oxygen atoms in total. The number of nitrogens with zero attached hydrogens (tertiary/aromatic N) is 3. The second-order valence-corrected chi connectivity index (χ2v) is 5.24. The molecule has 0 aromatic rings. The van der Waals surface area contributed by atoms with E-state index in [2.05, 4.69) is 16.3 Å². The molecule has 18 heavy (non-hydrogen) atoms. The molecule has 2 rings (SSSR count). The first kappa shape index (κ1) is 13.3. The number of hydrogen-bond acceptors (Lipinski definition) is 4. The highest BCUT2D eigenvalue weighted by atomic mass is 16.2. The molecule has 2 saturated heterocycles. The molecule has 0 saturated carbocycles. The van der Waals surface area contributed by atoms with Crippen LogP contribution >= 0.6 is 0 Å². The van der Waals surface area contributed by atoms with Gasteiger partial charge in [0.25, 0.3) is 0 Å². The quantitative estimate of drug-likeness (QED) is 0.721. The van der Waals surface area contributed by atoms with Gasteiger partial charge in [-0.2, -0.15) is 5.26 Å². The number of carbonyl (C=O) groups is 1. The van der Waals surface area contributed by atoms with Crippen molar-refractivity contribution < 1.29 is 4.79 Å². The highest BCUT2D eigenvalue weighted by Gasteiger charge is 2.40. The summed E-state index contributed by atoms with van der Waals surface area (Å²) < 4.78 is 0. The Labute approximate surface area is 109 Å². The van der Waals surface area contributed by atoms with Crippen LogP contribution in [-0.4, -0.2) is 60.5 Å². The Morgan fingerprint density at radius 1 is 1.22 bits per heavy atom. The normalized spacial score (nSPS) is 25.2. The van der Waals surface area contributed by atoms with Crippen LogP contribution in [0.25, 0.3) is 0 Å². The van der Waals surface area contributed by atoms with Crippen LogP contribution in [0.5, 0.6) is 0 Å². The lowest BCUT2D eigenvalue weighted by Crippen LogP contribution is -2.56. The standard InChI is InChI=1S/C13H22N4O/c1-12(18)16-8-3-13(11-14,4-9-16)17-7-2-5-15-6-10-17/h15H,2-10H2,1H3. The van der Waals surface area contributed by atoms with E-state index in [9.17, 15) is 10.1 Å². The fraction of sp³-hybridized carbons (Fsp3) is 0.846. The minimum absolute atomic E-state index is 0.124. The van der Waals surface area contributed by atoms with Gasteiger partial charge in [0.2, 0.25) is 5.91 Å². The van der Waals surface area contributed by atoms with E-state index < -0.39 is 0 Å². The Hall–Kier alpha value is -1.12. The van der Waals surface area contributed by atoms with Gasteiger partial charge < -0.3 is 10.2 Å². The van der Waals surface area contributed by atoms with E-state index in [0.717, 1.165) is 45.4 Å². The first-order valence-corrected chi connectivity index (χ1v) is 6.80. The van der Waals surface area contributed by atoms with Gasteiger partial charge >= 0.3 is 0 Å². The summed E-state index contributed by atoms with van der Waals surface area (Å²) in [7, 11) is 0. The maximum Gasteiger partial charge on any atom is 0.219 e. The van der Waals surface area contributed by atoms with Crippen LogP contribution in [0.4, 0.5) is 0 Å². The van der Waals surface area contributed by atoms with Gasteiger partial charge in [0.1, 0.15) is 5.54 Å². The van der Waals surface area contributed by atoms with Gasteiger partial charge in [-0.05, 0) is 25.8 Å². The van der Waals surface area contributed by atoms with Gasteiger partial charge in [0, 0.05) is 39.6 Å². The number of likely N-dealkylation sites (tertiary alicyclic amines) is 1. The summed E-state index contributed by atoms with van der Waals surface area (Å²) in [6.07, 6.45) is 2.66. The molecule has 2 fully saturated rings. The maximum atomic E-state index is 11.3. The maximum absolute atomic E-state index is 11.3. The van der Waals surface area contributed by atoms with Crippen molar-refractivity contribution in [3.05, 3.63) is 0 Å². The molecule has 0 radical (unpaired) electrons. The zero-order chi connectivity index (χ0) is 13.0. The summed E-state index contributed by atoms with van der Waals surface area (Å²) in [5, 5.41) is 13.0. The highest BCUT2D eigenvalue weighted by Crippen LogP contribution is 2.29. The molecule has 0 bridgehead atoms. The smallest absolute Gasteiger partial charge is 0.219 e. The number of piperidine rings is 1. The van der Waals surface area contributed by atoms with Crippen LogP contribution in [0.15, 0.2) is 0 Å². The molecule has 5 heteroatoms. The molecule has 0 aromatic heterocycles. The summed E-state index contributed by atoms with van der Waals surface area (Å²) in [6, 6.07) is 2.53. The number of carbonyl (C=O) groups excluding carboxylic acids is 1. The molecular formula is C13H22N4O. The highest BCUT2D eigenvalue weighted by molar-refractivity contribution is 5.73. The fourth-order valence-electron chi connectivity index (χ4n) is 2.96. The van der Waals surface area contributed by atoms with Crippen molar-refractivity contribution >= 4 is 5.91 Å². The topological polar surface area (TPSA) is 59.4 Å². The molecule has 2 aliphatic heterocycles. The van der Waals surface area contributed by atoms with Crippen molar-refractivity contribution in [2.24, 2.45) is 0 Å². The zero-order valence-corrected chi connectivity index (χ0v) is 11.1. The SMILES string of the molecule is CC(=O)N1CCC(C#N)(N2CCCNCC2)CC1. The van der Waals surface area contributed by atoms with Gasteiger partial charge in [0.15, 0.2) is 0 Å². The van der Waals surface area contributed by atoms with Gasteiger partial charge in [-0.25, -0.2) is 0 Å². The lowest BCUT2D eigenvalue weighted by Gasteiger charge is -2.43. The van der Waals surface area contributed by atoms with Gasteiger partial charge in [-0.15, -0.1) is 0 Å². The van der Waals surface area contributed by atoms with Crippen LogP contribution in [0.1, 0.15) is 26.2 Å². The molecule has 0 unspecified atom stereocenters. The van der Waals surface area contributed by atoms with E-state index in [4.69, 9.17) is 0 Å². The van der Waals surface area contributed by atoms with Crippen LogP contribution in [0.3, 0.4) is 0 Å².